The fourth-order valence-corrected chi connectivity index (χ4v) is 6.66. The molecule has 0 heterocycles. The lowest BCUT2D eigenvalue weighted by atomic mass is 9.63. The molecule has 4 aliphatic carbocycles. The van der Waals surface area contributed by atoms with Gasteiger partial charge in [0.05, 0.1) is 0 Å². The Hall–Kier alpha value is -0.520. The molecule has 0 radical (unpaired) electrons. The van der Waals surface area contributed by atoms with Crippen molar-refractivity contribution in [3.63, 3.8) is 0 Å². The van der Waals surface area contributed by atoms with Crippen molar-refractivity contribution in [1.29, 1.82) is 0 Å². The van der Waals surface area contributed by atoms with E-state index in [4.69, 9.17) is 0 Å². The highest BCUT2D eigenvalue weighted by molar-refractivity contribution is 5.29. The van der Waals surface area contributed by atoms with Gasteiger partial charge >= 0.3 is 0 Å². The summed E-state index contributed by atoms with van der Waals surface area (Å²) in [7, 11) is 0. The van der Waals surface area contributed by atoms with Gasteiger partial charge in [0.25, 0.3) is 0 Å². The predicted octanol–water partition coefficient (Wildman–Crippen LogP) is 5.61. The van der Waals surface area contributed by atoms with Crippen LogP contribution in [0.5, 0.6) is 0 Å². The molecule has 5 unspecified atom stereocenters. The lowest BCUT2D eigenvalue weighted by Crippen LogP contribution is -2.33. The zero-order valence-corrected chi connectivity index (χ0v) is 13.9. The first-order valence-corrected chi connectivity index (χ1v) is 8.70. The summed E-state index contributed by atoms with van der Waals surface area (Å²) in [6.07, 6.45) is 11.0. The molecule has 4 rings (SSSR count). The first-order valence-electron chi connectivity index (χ1n) is 8.70. The molecule has 2 fully saturated rings. The summed E-state index contributed by atoms with van der Waals surface area (Å²) in [5.41, 5.74) is 4.49. The zero-order chi connectivity index (χ0) is 14.3. The number of fused-ring (bicyclic) bond motifs is 3. The monoisotopic (exact) mass is 270 g/mol. The highest BCUT2D eigenvalue weighted by atomic mass is 14.7. The van der Waals surface area contributed by atoms with Crippen molar-refractivity contribution in [2.45, 2.75) is 60.3 Å². The molecule has 0 saturated heterocycles. The topological polar surface area (TPSA) is 0 Å². The van der Waals surface area contributed by atoms with Crippen molar-refractivity contribution in [2.24, 2.45) is 40.4 Å². The minimum absolute atomic E-state index is 0.534. The van der Waals surface area contributed by atoms with Gasteiger partial charge in [0, 0.05) is 0 Å². The second kappa shape index (κ2) is 3.81. The fraction of sp³-hybridized carbons (Fsp3) is 0.800. The van der Waals surface area contributed by atoms with Crippen molar-refractivity contribution < 1.29 is 0 Å². The number of hydrogen-bond donors (Lipinski definition) is 0. The molecule has 0 N–H and O–H groups in total. The van der Waals surface area contributed by atoms with Gasteiger partial charge in [0.1, 0.15) is 0 Å². The van der Waals surface area contributed by atoms with Gasteiger partial charge in [-0.05, 0) is 80.0 Å². The lowest BCUT2D eigenvalue weighted by Gasteiger charge is -2.40. The van der Waals surface area contributed by atoms with Crippen molar-refractivity contribution in [1.82, 2.24) is 0 Å². The molecule has 0 aromatic carbocycles. The van der Waals surface area contributed by atoms with Gasteiger partial charge in [-0.25, -0.2) is 0 Å². The Morgan fingerprint density at radius 3 is 2.55 bits per heavy atom. The van der Waals surface area contributed by atoms with Crippen LogP contribution in [0.2, 0.25) is 0 Å². The van der Waals surface area contributed by atoms with Crippen LogP contribution in [0.4, 0.5) is 0 Å². The Bertz CT molecular complexity index is 506. The van der Waals surface area contributed by atoms with Crippen LogP contribution in [0.3, 0.4) is 0 Å². The van der Waals surface area contributed by atoms with Gasteiger partial charge in [-0.15, -0.1) is 0 Å². The van der Waals surface area contributed by atoms with Crippen LogP contribution in [-0.4, -0.2) is 0 Å². The van der Waals surface area contributed by atoms with Crippen LogP contribution in [0, 0.1) is 40.4 Å². The third-order valence-corrected chi connectivity index (χ3v) is 7.63. The number of hydrogen-bond acceptors (Lipinski definition) is 0. The average Bonchev–Trinajstić information content (AvgIpc) is 2.80. The van der Waals surface area contributed by atoms with E-state index in [-0.39, 0.29) is 0 Å². The quantitative estimate of drug-likeness (QED) is 0.502. The van der Waals surface area contributed by atoms with Crippen LogP contribution in [0.25, 0.3) is 0 Å². The van der Waals surface area contributed by atoms with Crippen LogP contribution >= 0.6 is 0 Å². The average molecular weight is 270 g/mol. The summed E-state index contributed by atoms with van der Waals surface area (Å²) in [5, 5.41) is 0. The van der Waals surface area contributed by atoms with Crippen molar-refractivity contribution in [2.75, 3.05) is 0 Å². The summed E-state index contributed by atoms with van der Waals surface area (Å²) in [4.78, 5) is 0. The van der Waals surface area contributed by atoms with E-state index in [0.717, 1.165) is 29.6 Å². The first-order chi connectivity index (χ1) is 9.34. The van der Waals surface area contributed by atoms with Gasteiger partial charge in [-0.1, -0.05) is 44.1 Å². The maximum absolute atomic E-state index is 2.72. The molecule has 0 aromatic rings. The highest BCUT2D eigenvalue weighted by Gasteiger charge is 2.65. The minimum atomic E-state index is 0.534. The zero-order valence-electron chi connectivity index (χ0n) is 13.9. The number of rotatable bonds is 0. The van der Waals surface area contributed by atoms with Crippen LogP contribution < -0.4 is 0 Å². The number of allylic oxidation sites excluding steroid dienone is 4. The van der Waals surface area contributed by atoms with E-state index < -0.39 is 0 Å². The summed E-state index contributed by atoms with van der Waals surface area (Å²) in [6, 6.07) is 0. The molecule has 2 bridgehead atoms. The van der Waals surface area contributed by atoms with Crippen LogP contribution in [0.1, 0.15) is 60.3 Å². The summed E-state index contributed by atoms with van der Waals surface area (Å²) in [5.74, 6) is 4.58. The molecule has 2 saturated carbocycles. The minimum Gasteiger partial charge on any atom is -0.0821 e. The highest BCUT2D eigenvalue weighted by Crippen LogP contribution is 2.72. The van der Waals surface area contributed by atoms with Crippen molar-refractivity contribution in [3.05, 3.63) is 23.3 Å². The first kappa shape index (κ1) is 13.2. The Morgan fingerprint density at radius 1 is 1.10 bits per heavy atom. The second-order valence-corrected chi connectivity index (χ2v) is 9.18. The van der Waals surface area contributed by atoms with Crippen molar-refractivity contribution >= 4 is 0 Å². The summed E-state index contributed by atoms with van der Waals surface area (Å²) in [6.45, 7) is 12.4. The molecule has 0 heteroatoms. The Balaban J connectivity index is 1.80. The molecular formula is C20H30. The van der Waals surface area contributed by atoms with E-state index in [0.29, 0.717) is 10.8 Å². The molecule has 6 atom stereocenters. The van der Waals surface area contributed by atoms with Gasteiger partial charge in [-0.2, -0.15) is 0 Å². The second-order valence-electron chi connectivity index (χ2n) is 9.18. The molecule has 0 aromatic heterocycles. The maximum Gasteiger partial charge on any atom is -0.00499 e. The molecule has 110 valence electrons. The normalized spacial score (nSPS) is 52.1. The standard InChI is InChI=1S/C20H30/c1-12-6-15-11-20(10-13(2)8-16(20)7-12)14(3)9-17-18(15)19(17,4)5/h6,10,14-18H,7-9,11H2,1-5H3/t14-,15?,16?,17?,18?,20?/m1/s1. The summed E-state index contributed by atoms with van der Waals surface area (Å²) < 4.78 is 0. The molecule has 0 amide bonds. The van der Waals surface area contributed by atoms with E-state index in [1.54, 1.807) is 11.1 Å². The smallest absolute Gasteiger partial charge is 0.00499 e. The fourth-order valence-electron chi connectivity index (χ4n) is 6.66. The molecule has 0 nitrogen and oxygen atoms in total. The van der Waals surface area contributed by atoms with Gasteiger partial charge in [-0.3, -0.25) is 0 Å². The predicted molar refractivity (Wildman–Crippen MR) is 85.3 cm³/mol. The summed E-state index contributed by atoms with van der Waals surface area (Å²) >= 11 is 0. The molecule has 0 aliphatic heterocycles. The van der Waals surface area contributed by atoms with Gasteiger partial charge in [0.2, 0.25) is 0 Å². The third-order valence-electron chi connectivity index (χ3n) is 7.63. The van der Waals surface area contributed by atoms with Gasteiger partial charge in [0.15, 0.2) is 0 Å². The van der Waals surface area contributed by atoms with Crippen molar-refractivity contribution in [3.8, 4) is 0 Å². The Labute approximate surface area is 124 Å². The third kappa shape index (κ3) is 1.54. The largest absolute Gasteiger partial charge is 0.0821 e. The Kier molecular flexibility index (Phi) is 2.51. The Morgan fingerprint density at radius 2 is 1.80 bits per heavy atom. The van der Waals surface area contributed by atoms with Gasteiger partial charge < -0.3 is 0 Å². The van der Waals surface area contributed by atoms with Crippen LogP contribution in [-0.2, 0) is 0 Å². The van der Waals surface area contributed by atoms with E-state index in [1.165, 1.54) is 25.7 Å². The SMILES string of the molecule is CC1=CC2CC3(C=C(C)CC3C1)[C@H](C)CC1C2C1(C)C. The van der Waals surface area contributed by atoms with E-state index in [9.17, 15) is 0 Å². The van der Waals surface area contributed by atoms with Crippen LogP contribution in [0.15, 0.2) is 23.3 Å². The lowest BCUT2D eigenvalue weighted by molar-refractivity contribution is 0.121. The maximum atomic E-state index is 2.72. The van der Waals surface area contributed by atoms with E-state index in [2.05, 4.69) is 46.8 Å². The van der Waals surface area contributed by atoms with E-state index in [1.807, 2.05) is 0 Å². The molecule has 1 spiro atoms. The molecule has 4 aliphatic rings. The molecular weight excluding hydrogens is 240 g/mol. The van der Waals surface area contributed by atoms with E-state index >= 15 is 0 Å². The molecule has 20 heavy (non-hydrogen) atoms.